The van der Waals surface area contributed by atoms with Crippen molar-refractivity contribution in [1.29, 1.82) is 0 Å². The number of phenolic OH excluding ortho intramolecular Hbond substituents is 1. The molecule has 13 nitrogen and oxygen atoms in total. The van der Waals surface area contributed by atoms with Gasteiger partial charge >= 0.3 is 5.97 Å². The van der Waals surface area contributed by atoms with Crippen LogP contribution in [-0.2, 0) is 38.4 Å². The largest absolute Gasteiger partial charge is 0.508 e. The predicted molar refractivity (Wildman–Crippen MR) is 159 cm³/mol. The molecule has 230 valence electrons. The van der Waals surface area contributed by atoms with Crippen LogP contribution in [0.3, 0.4) is 0 Å². The third kappa shape index (κ3) is 10.9. The van der Waals surface area contributed by atoms with Crippen molar-refractivity contribution in [1.82, 2.24) is 25.9 Å². The van der Waals surface area contributed by atoms with Gasteiger partial charge in [-0.2, -0.15) is 0 Å². The van der Waals surface area contributed by atoms with Crippen molar-refractivity contribution in [3.8, 4) is 5.75 Å². The number of phenols is 1. The Balaban J connectivity index is 1.81. The third-order valence-corrected chi connectivity index (χ3v) is 6.82. The number of unbranched alkanes of at least 4 members (excludes halogenated alkanes) is 1. The number of aromatic nitrogens is 2. The number of nitrogens with zero attached hydrogens (tertiary/aromatic N) is 1. The Kier molecular flexibility index (Phi) is 12.7. The van der Waals surface area contributed by atoms with Crippen molar-refractivity contribution in [2.45, 2.75) is 62.7 Å². The van der Waals surface area contributed by atoms with E-state index in [4.69, 9.17) is 11.5 Å². The van der Waals surface area contributed by atoms with Crippen LogP contribution in [0.1, 0.15) is 36.1 Å². The Labute approximate surface area is 249 Å². The first kappa shape index (κ1) is 32.8. The van der Waals surface area contributed by atoms with Gasteiger partial charge in [-0.1, -0.05) is 42.5 Å². The van der Waals surface area contributed by atoms with Crippen molar-refractivity contribution in [3.63, 3.8) is 0 Å². The van der Waals surface area contributed by atoms with Crippen LogP contribution in [0, 0.1) is 0 Å². The van der Waals surface area contributed by atoms with Crippen molar-refractivity contribution in [3.05, 3.63) is 83.9 Å². The summed E-state index contributed by atoms with van der Waals surface area (Å²) in [6.45, 7) is 0.389. The lowest BCUT2D eigenvalue weighted by atomic mass is 10.0. The highest BCUT2D eigenvalue weighted by atomic mass is 16.4. The molecule has 0 saturated heterocycles. The zero-order valence-corrected chi connectivity index (χ0v) is 23.7. The van der Waals surface area contributed by atoms with E-state index in [1.165, 1.54) is 18.5 Å². The number of imidazole rings is 1. The lowest BCUT2D eigenvalue weighted by Gasteiger charge is -2.25. The van der Waals surface area contributed by atoms with Gasteiger partial charge in [-0.05, 0) is 49.1 Å². The number of carbonyl (C=O) groups is 4. The molecule has 3 rings (SSSR count). The highest BCUT2D eigenvalue weighted by molar-refractivity contribution is 5.94. The molecule has 0 aliphatic heterocycles. The Morgan fingerprint density at radius 1 is 0.791 bits per heavy atom. The molecular formula is C30H39N7O6. The number of aliphatic carboxylic acids is 1. The number of nitrogens with one attached hydrogen (secondary N) is 4. The van der Waals surface area contributed by atoms with E-state index >= 15 is 0 Å². The lowest BCUT2D eigenvalue weighted by molar-refractivity contribution is -0.142. The minimum Gasteiger partial charge on any atom is -0.508 e. The fourth-order valence-electron chi connectivity index (χ4n) is 4.44. The number of hydrogen-bond donors (Lipinski definition) is 8. The number of nitrogens with two attached hydrogens (primary N) is 2. The van der Waals surface area contributed by atoms with Crippen LogP contribution in [0.25, 0.3) is 0 Å². The summed E-state index contributed by atoms with van der Waals surface area (Å²) in [5.41, 5.74) is 13.6. The van der Waals surface area contributed by atoms with Gasteiger partial charge in [0, 0.05) is 31.2 Å². The summed E-state index contributed by atoms with van der Waals surface area (Å²) in [5, 5.41) is 27.3. The van der Waals surface area contributed by atoms with E-state index in [-0.39, 0.29) is 31.4 Å². The van der Waals surface area contributed by atoms with Gasteiger partial charge in [0.15, 0.2) is 0 Å². The number of hydrogen-bond acceptors (Lipinski definition) is 8. The van der Waals surface area contributed by atoms with Crippen LogP contribution in [-0.4, -0.2) is 74.6 Å². The SMILES string of the molecule is NCCCCC(NC(=O)C(Cc1ccc(O)cc1)NC(=O)C(Cc1ccccc1)NC(=O)C(N)Cc1cnc[nH]1)C(=O)O. The van der Waals surface area contributed by atoms with E-state index in [1.807, 2.05) is 6.07 Å². The molecule has 4 unspecified atom stereocenters. The van der Waals surface area contributed by atoms with Gasteiger partial charge in [-0.15, -0.1) is 0 Å². The molecule has 4 atom stereocenters. The first-order valence-electron chi connectivity index (χ1n) is 14.0. The Hall–Kier alpha value is -4.75. The molecule has 3 amide bonds. The molecule has 10 N–H and O–H groups in total. The van der Waals surface area contributed by atoms with E-state index in [1.54, 1.807) is 42.6 Å². The summed E-state index contributed by atoms with van der Waals surface area (Å²) in [6.07, 6.45) is 4.55. The quantitative estimate of drug-likeness (QED) is 0.0995. The molecule has 0 aliphatic carbocycles. The number of benzene rings is 2. The Morgan fingerprint density at radius 2 is 1.37 bits per heavy atom. The molecule has 0 aliphatic rings. The zero-order chi connectivity index (χ0) is 31.2. The summed E-state index contributed by atoms with van der Waals surface area (Å²) in [5.74, 6) is -3.12. The van der Waals surface area contributed by atoms with Crippen molar-refractivity contribution < 1.29 is 29.4 Å². The highest BCUT2D eigenvalue weighted by Crippen LogP contribution is 2.13. The average molecular weight is 594 g/mol. The van der Waals surface area contributed by atoms with Crippen LogP contribution in [0.15, 0.2) is 67.1 Å². The molecule has 0 bridgehead atoms. The molecule has 13 heteroatoms. The number of aromatic hydroxyl groups is 1. The standard InChI is InChI=1S/C30H39N7O6/c31-13-5-4-8-24(30(42)43)35-28(40)26(15-20-9-11-22(38)12-10-20)37-29(41)25(14-19-6-2-1-3-7-19)36-27(39)23(32)16-21-17-33-18-34-21/h1-3,6-7,9-12,17-18,23-26,38H,4-5,8,13-16,31-32H2,(H,33,34)(H,35,40)(H,36,39)(H,37,41)(H,42,43). The molecular weight excluding hydrogens is 554 g/mol. The topological polar surface area (TPSA) is 226 Å². The summed E-state index contributed by atoms with van der Waals surface area (Å²) >= 11 is 0. The van der Waals surface area contributed by atoms with Gasteiger partial charge < -0.3 is 42.6 Å². The van der Waals surface area contributed by atoms with Crippen LogP contribution in [0.5, 0.6) is 5.75 Å². The zero-order valence-electron chi connectivity index (χ0n) is 23.7. The molecule has 43 heavy (non-hydrogen) atoms. The summed E-state index contributed by atoms with van der Waals surface area (Å²) in [7, 11) is 0. The van der Waals surface area contributed by atoms with E-state index in [0.29, 0.717) is 30.6 Å². The Morgan fingerprint density at radius 3 is 1.93 bits per heavy atom. The minimum absolute atomic E-state index is 0.00165. The predicted octanol–water partition coefficient (Wildman–Crippen LogP) is 0.139. The molecule has 2 aromatic carbocycles. The van der Waals surface area contributed by atoms with Gasteiger partial charge in [0.05, 0.1) is 12.4 Å². The fraction of sp³-hybridized carbons (Fsp3) is 0.367. The maximum atomic E-state index is 13.7. The summed E-state index contributed by atoms with van der Waals surface area (Å²) < 4.78 is 0. The molecule has 1 heterocycles. The van der Waals surface area contributed by atoms with Crippen molar-refractivity contribution in [2.75, 3.05) is 6.54 Å². The number of amides is 3. The van der Waals surface area contributed by atoms with E-state index in [0.717, 1.165) is 5.56 Å². The first-order valence-corrected chi connectivity index (χ1v) is 14.0. The van der Waals surface area contributed by atoms with Gasteiger partial charge in [-0.25, -0.2) is 9.78 Å². The maximum absolute atomic E-state index is 13.7. The molecule has 3 aromatic rings. The Bertz CT molecular complexity index is 1320. The maximum Gasteiger partial charge on any atom is 0.326 e. The van der Waals surface area contributed by atoms with E-state index in [2.05, 4.69) is 25.9 Å². The number of carbonyl (C=O) groups excluding carboxylic acids is 3. The fourth-order valence-corrected chi connectivity index (χ4v) is 4.44. The van der Waals surface area contributed by atoms with Crippen LogP contribution in [0.4, 0.5) is 0 Å². The second-order valence-corrected chi connectivity index (χ2v) is 10.3. The number of aromatic amines is 1. The lowest BCUT2D eigenvalue weighted by Crippen LogP contribution is -2.58. The van der Waals surface area contributed by atoms with Crippen molar-refractivity contribution in [2.24, 2.45) is 11.5 Å². The summed E-state index contributed by atoms with van der Waals surface area (Å²) in [6, 6.07) is 10.6. The van der Waals surface area contributed by atoms with Gasteiger partial charge in [0.1, 0.15) is 23.9 Å². The van der Waals surface area contributed by atoms with E-state index in [9.17, 15) is 29.4 Å². The number of rotatable bonds is 17. The summed E-state index contributed by atoms with van der Waals surface area (Å²) in [4.78, 5) is 58.8. The second kappa shape index (κ2) is 16.6. The van der Waals surface area contributed by atoms with Crippen molar-refractivity contribution >= 4 is 23.7 Å². The third-order valence-electron chi connectivity index (χ3n) is 6.82. The number of carboxylic acids is 1. The monoisotopic (exact) mass is 593 g/mol. The molecule has 0 spiro atoms. The number of H-pyrrole nitrogens is 1. The minimum atomic E-state index is -1.21. The highest BCUT2D eigenvalue weighted by Gasteiger charge is 2.31. The smallest absolute Gasteiger partial charge is 0.326 e. The van der Waals surface area contributed by atoms with Crippen LogP contribution < -0.4 is 27.4 Å². The van der Waals surface area contributed by atoms with Crippen LogP contribution >= 0.6 is 0 Å². The molecule has 0 saturated carbocycles. The normalized spacial score (nSPS) is 13.7. The first-order chi connectivity index (χ1) is 20.7. The van der Waals surface area contributed by atoms with Crippen LogP contribution in [0.2, 0.25) is 0 Å². The van der Waals surface area contributed by atoms with Gasteiger partial charge in [0.2, 0.25) is 17.7 Å². The molecule has 1 aromatic heterocycles. The molecule has 0 radical (unpaired) electrons. The average Bonchev–Trinajstić information content (AvgIpc) is 3.50. The van der Waals surface area contributed by atoms with E-state index < -0.39 is 47.9 Å². The second-order valence-electron chi connectivity index (χ2n) is 10.3. The molecule has 0 fully saturated rings. The van der Waals surface area contributed by atoms with Gasteiger partial charge in [-0.3, -0.25) is 14.4 Å². The van der Waals surface area contributed by atoms with Gasteiger partial charge in [0.25, 0.3) is 0 Å². The number of carboxylic acid groups (broad SMARTS) is 1.